The van der Waals surface area contributed by atoms with Crippen LogP contribution >= 0.6 is 0 Å². The van der Waals surface area contributed by atoms with Gasteiger partial charge in [0, 0.05) is 0 Å². The molecule has 1 aromatic rings. The van der Waals surface area contributed by atoms with Crippen molar-refractivity contribution in [1.29, 1.82) is 10.5 Å². The molecular weight excluding hydrogens is 226 g/mol. The van der Waals surface area contributed by atoms with Crippen molar-refractivity contribution in [2.24, 2.45) is 5.73 Å². The van der Waals surface area contributed by atoms with E-state index in [1.54, 1.807) is 6.92 Å². The lowest BCUT2D eigenvalue weighted by atomic mass is 9.84. The molecule has 2 N–H and O–H groups in total. The van der Waals surface area contributed by atoms with Crippen molar-refractivity contribution in [1.82, 2.24) is 0 Å². The van der Waals surface area contributed by atoms with E-state index in [4.69, 9.17) is 10.5 Å². The van der Waals surface area contributed by atoms with Crippen molar-refractivity contribution in [2.45, 2.75) is 12.8 Å². The van der Waals surface area contributed by atoms with Crippen LogP contribution in [-0.2, 0) is 4.74 Å². The van der Waals surface area contributed by atoms with Gasteiger partial charge in [-0.05, 0) is 12.5 Å². The molecule has 0 fully saturated rings. The molecule has 1 atom stereocenters. The Morgan fingerprint density at radius 2 is 1.72 bits per heavy atom. The predicted octanol–water partition coefficient (Wildman–Crippen LogP) is 2.29. The molecule has 0 bridgehead atoms. The Morgan fingerprint density at radius 1 is 1.11 bits per heavy atom. The van der Waals surface area contributed by atoms with E-state index >= 15 is 0 Å². The van der Waals surface area contributed by atoms with E-state index in [1.807, 2.05) is 36.4 Å². The molecule has 1 heterocycles. The van der Waals surface area contributed by atoms with Gasteiger partial charge in [0.2, 0.25) is 5.88 Å². The average molecular weight is 237 g/mol. The van der Waals surface area contributed by atoms with Crippen LogP contribution in [0.1, 0.15) is 18.4 Å². The Balaban J connectivity index is 2.62. The quantitative estimate of drug-likeness (QED) is 0.812. The molecule has 4 nitrogen and oxygen atoms in total. The van der Waals surface area contributed by atoms with E-state index in [1.165, 1.54) is 0 Å². The topological polar surface area (TPSA) is 82.8 Å². The minimum atomic E-state index is -0.435. The summed E-state index contributed by atoms with van der Waals surface area (Å²) in [6.45, 7) is 1.68. The monoisotopic (exact) mass is 237 g/mol. The van der Waals surface area contributed by atoms with E-state index in [0.717, 1.165) is 5.56 Å². The molecule has 1 aliphatic heterocycles. The summed E-state index contributed by atoms with van der Waals surface area (Å²) in [5.74, 6) is 0.0839. The van der Waals surface area contributed by atoms with Gasteiger partial charge in [-0.2, -0.15) is 10.5 Å². The molecule has 0 saturated carbocycles. The fourth-order valence-electron chi connectivity index (χ4n) is 2.01. The molecule has 2 rings (SSSR count). The number of nitrogens with two attached hydrogens (primary N) is 1. The number of hydrogen-bond donors (Lipinski definition) is 1. The van der Waals surface area contributed by atoms with Crippen LogP contribution in [0.2, 0.25) is 0 Å². The van der Waals surface area contributed by atoms with Crippen molar-refractivity contribution >= 4 is 0 Å². The van der Waals surface area contributed by atoms with Gasteiger partial charge in [-0.1, -0.05) is 30.3 Å². The Bertz CT molecular complexity index is 579. The highest BCUT2D eigenvalue weighted by Crippen LogP contribution is 2.38. The molecule has 1 unspecified atom stereocenters. The number of hydrogen-bond acceptors (Lipinski definition) is 4. The first-order chi connectivity index (χ1) is 8.69. The van der Waals surface area contributed by atoms with Crippen LogP contribution in [0.25, 0.3) is 0 Å². The van der Waals surface area contributed by atoms with Crippen LogP contribution < -0.4 is 5.73 Å². The zero-order valence-electron chi connectivity index (χ0n) is 9.84. The van der Waals surface area contributed by atoms with Crippen LogP contribution in [0.3, 0.4) is 0 Å². The zero-order chi connectivity index (χ0) is 13.1. The van der Waals surface area contributed by atoms with E-state index in [2.05, 4.69) is 6.07 Å². The third-order valence-corrected chi connectivity index (χ3v) is 2.86. The molecule has 0 amide bonds. The lowest BCUT2D eigenvalue weighted by Gasteiger charge is -2.24. The second-order valence-corrected chi connectivity index (χ2v) is 3.92. The fraction of sp³-hybridized carbons (Fsp3) is 0.143. The molecule has 0 saturated heterocycles. The maximum Gasteiger partial charge on any atom is 0.205 e. The Hall–Kier alpha value is -2.72. The molecule has 0 aliphatic carbocycles. The summed E-state index contributed by atoms with van der Waals surface area (Å²) < 4.78 is 5.24. The van der Waals surface area contributed by atoms with Gasteiger partial charge in [0.15, 0.2) is 0 Å². The van der Waals surface area contributed by atoms with Gasteiger partial charge >= 0.3 is 0 Å². The molecule has 1 aromatic carbocycles. The van der Waals surface area contributed by atoms with Crippen LogP contribution in [0.15, 0.2) is 53.1 Å². The number of nitriles is 2. The fourth-order valence-corrected chi connectivity index (χ4v) is 2.01. The highest BCUT2D eigenvalue weighted by molar-refractivity contribution is 5.52. The van der Waals surface area contributed by atoms with Gasteiger partial charge in [0.25, 0.3) is 0 Å². The van der Waals surface area contributed by atoms with E-state index in [0.29, 0.717) is 11.3 Å². The molecule has 88 valence electrons. The maximum absolute atomic E-state index is 9.23. The third kappa shape index (κ3) is 1.81. The van der Waals surface area contributed by atoms with Gasteiger partial charge in [0.05, 0.1) is 17.6 Å². The summed E-state index contributed by atoms with van der Waals surface area (Å²) in [6, 6.07) is 13.5. The van der Waals surface area contributed by atoms with Crippen LogP contribution in [0.4, 0.5) is 0 Å². The van der Waals surface area contributed by atoms with Gasteiger partial charge in [-0.25, -0.2) is 0 Å². The number of allylic oxidation sites excluding steroid dienone is 3. The van der Waals surface area contributed by atoms with E-state index in [-0.39, 0.29) is 11.5 Å². The van der Waals surface area contributed by atoms with Gasteiger partial charge in [-0.3, -0.25) is 0 Å². The molecule has 0 spiro atoms. The highest BCUT2D eigenvalue weighted by Gasteiger charge is 2.31. The minimum absolute atomic E-state index is 0.0721. The number of benzene rings is 1. The summed E-state index contributed by atoms with van der Waals surface area (Å²) in [5, 5.41) is 18.4. The Labute approximate surface area is 105 Å². The number of rotatable bonds is 1. The maximum atomic E-state index is 9.23. The van der Waals surface area contributed by atoms with Crippen LogP contribution in [-0.4, -0.2) is 0 Å². The average Bonchev–Trinajstić information content (AvgIpc) is 2.39. The van der Waals surface area contributed by atoms with E-state index < -0.39 is 5.92 Å². The molecule has 0 radical (unpaired) electrons. The largest absolute Gasteiger partial charge is 0.444 e. The normalized spacial score (nSPS) is 18.9. The van der Waals surface area contributed by atoms with Crippen LogP contribution in [0, 0.1) is 22.7 Å². The Kier molecular flexibility index (Phi) is 3.03. The lowest BCUT2D eigenvalue weighted by Crippen LogP contribution is -2.19. The van der Waals surface area contributed by atoms with Gasteiger partial charge < -0.3 is 10.5 Å². The first kappa shape index (κ1) is 11.8. The summed E-state index contributed by atoms with van der Waals surface area (Å²) in [4.78, 5) is 0. The summed E-state index contributed by atoms with van der Waals surface area (Å²) in [6.07, 6.45) is 0. The minimum Gasteiger partial charge on any atom is -0.444 e. The predicted molar refractivity (Wildman–Crippen MR) is 65.4 cm³/mol. The van der Waals surface area contributed by atoms with Gasteiger partial charge in [0.1, 0.15) is 17.4 Å². The SMILES string of the molecule is CC1=C(C#N)C(c2ccccc2)C(C#N)=C(N)O1. The first-order valence-corrected chi connectivity index (χ1v) is 5.42. The highest BCUT2D eigenvalue weighted by atomic mass is 16.5. The molecule has 4 heteroatoms. The molecule has 18 heavy (non-hydrogen) atoms. The molecule has 1 aliphatic rings. The first-order valence-electron chi connectivity index (χ1n) is 5.42. The Morgan fingerprint density at radius 3 is 2.28 bits per heavy atom. The second-order valence-electron chi connectivity index (χ2n) is 3.92. The summed E-state index contributed by atoms with van der Waals surface area (Å²) >= 11 is 0. The van der Waals surface area contributed by atoms with Crippen molar-refractivity contribution < 1.29 is 4.74 Å². The summed E-state index contributed by atoms with van der Waals surface area (Å²) in [7, 11) is 0. The van der Waals surface area contributed by atoms with E-state index in [9.17, 15) is 10.5 Å². The van der Waals surface area contributed by atoms with Gasteiger partial charge in [-0.15, -0.1) is 0 Å². The van der Waals surface area contributed by atoms with Crippen molar-refractivity contribution in [3.05, 3.63) is 58.7 Å². The standard InChI is InChI=1S/C14H11N3O/c1-9-11(7-15)13(10-5-3-2-4-6-10)12(8-16)14(17)18-9/h2-6,13H,17H2,1H3. The number of nitrogens with zero attached hydrogens (tertiary/aromatic N) is 2. The number of ether oxygens (including phenoxy) is 1. The van der Waals surface area contributed by atoms with Crippen molar-refractivity contribution in [3.63, 3.8) is 0 Å². The van der Waals surface area contributed by atoms with Crippen molar-refractivity contribution in [3.8, 4) is 12.1 Å². The third-order valence-electron chi connectivity index (χ3n) is 2.86. The smallest absolute Gasteiger partial charge is 0.205 e. The molecule has 0 aromatic heterocycles. The van der Waals surface area contributed by atoms with Crippen LogP contribution in [0.5, 0.6) is 0 Å². The van der Waals surface area contributed by atoms with Crippen molar-refractivity contribution in [2.75, 3.05) is 0 Å². The lowest BCUT2D eigenvalue weighted by molar-refractivity contribution is 0.283. The second kappa shape index (κ2) is 4.65. The zero-order valence-corrected chi connectivity index (χ0v) is 9.84. The summed E-state index contributed by atoms with van der Waals surface area (Å²) in [5.41, 5.74) is 7.28. The molecular formula is C14H11N3O.